The van der Waals surface area contributed by atoms with Crippen LogP contribution in [-0.2, 0) is 14.4 Å². The Balaban J connectivity index is 1.67. The minimum absolute atomic E-state index is 0.0228. The molecule has 0 bridgehead atoms. The summed E-state index contributed by atoms with van der Waals surface area (Å²) in [5, 5.41) is 0.101. The van der Waals surface area contributed by atoms with Gasteiger partial charge in [-0.3, -0.25) is 24.2 Å². The van der Waals surface area contributed by atoms with Crippen LogP contribution in [0, 0.1) is 5.41 Å². The van der Waals surface area contributed by atoms with Crippen molar-refractivity contribution in [1.29, 1.82) is 0 Å². The van der Waals surface area contributed by atoms with E-state index in [1.54, 1.807) is 0 Å². The Morgan fingerprint density at radius 2 is 0.872 bits per heavy atom. The third-order valence-electron chi connectivity index (χ3n) is 7.89. The van der Waals surface area contributed by atoms with E-state index in [0.717, 1.165) is 11.1 Å². The van der Waals surface area contributed by atoms with Crippen LogP contribution in [0.25, 0.3) is 0 Å². The number of Topliss-reactive ketones (excluding diaryl/α,β-unsaturated/α-hetero) is 1. The van der Waals surface area contributed by atoms with E-state index in [4.69, 9.17) is 12.2 Å². The van der Waals surface area contributed by atoms with E-state index in [2.05, 4.69) is 0 Å². The molecule has 6 heteroatoms. The SMILES string of the molecule is O=C1CC(c2ccccc2)C2(C(=O)N(c3ccccc3)C(=S)N(c3ccccc3)C2=O)C(c2ccccc2)C1. The first-order valence-electron chi connectivity index (χ1n) is 13.0. The second-order valence-corrected chi connectivity index (χ2v) is 10.3. The van der Waals surface area contributed by atoms with Gasteiger partial charge in [0, 0.05) is 24.7 Å². The van der Waals surface area contributed by atoms with E-state index in [1.807, 2.05) is 121 Å². The molecule has 1 saturated carbocycles. The lowest BCUT2D eigenvalue weighted by Gasteiger charge is -2.54. The van der Waals surface area contributed by atoms with Crippen LogP contribution in [0.2, 0.25) is 0 Å². The predicted molar refractivity (Wildman–Crippen MR) is 155 cm³/mol. The van der Waals surface area contributed by atoms with Crippen molar-refractivity contribution >= 4 is 46.3 Å². The first-order chi connectivity index (χ1) is 19.0. The Morgan fingerprint density at radius 1 is 0.538 bits per heavy atom. The summed E-state index contributed by atoms with van der Waals surface area (Å²) in [6, 6.07) is 37.3. The number of ketones is 1. The fourth-order valence-electron chi connectivity index (χ4n) is 6.18. The number of hydrogen-bond acceptors (Lipinski definition) is 4. The minimum atomic E-state index is -1.61. The number of thiocarbonyl (C=S) groups is 1. The Kier molecular flexibility index (Phi) is 6.41. The van der Waals surface area contributed by atoms with Gasteiger partial charge in [0.25, 0.3) is 0 Å². The number of rotatable bonds is 4. The van der Waals surface area contributed by atoms with Crippen molar-refractivity contribution < 1.29 is 14.4 Å². The highest BCUT2D eigenvalue weighted by Crippen LogP contribution is 2.58. The van der Waals surface area contributed by atoms with Crippen LogP contribution >= 0.6 is 12.2 Å². The number of amides is 2. The highest BCUT2D eigenvalue weighted by atomic mass is 32.1. The van der Waals surface area contributed by atoms with Crippen molar-refractivity contribution in [3.63, 3.8) is 0 Å². The van der Waals surface area contributed by atoms with Gasteiger partial charge in [-0.05, 0) is 47.6 Å². The monoisotopic (exact) mass is 530 g/mol. The molecule has 0 radical (unpaired) electrons. The fraction of sp³-hybridized carbons (Fsp3) is 0.152. The molecular weight excluding hydrogens is 504 g/mol. The summed E-state index contributed by atoms with van der Waals surface area (Å²) in [5.74, 6) is -2.12. The molecule has 1 aliphatic heterocycles. The predicted octanol–water partition coefficient (Wildman–Crippen LogP) is 6.27. The van der Waals surface area contributed by atoms with Crippen LogP contribution in [0.5, 0.6) is 0 Å². The zero-order valence-electron chi connectivity index (χ0n) is 21.1. The Morgan fingerprint density at radius 3 is 1.23 bits per heavy atom. The van der Waals surface area contributed by atoms with E-state index in [9.17, 15) is 4.79 Å². The van der Waals surface area contributed by atoms with E-state index in [0.29, 0.717) is 11.4 Å². The second kappa shape index (κ2) is 10.0. The smallest absolute Gasteiger partial charge is 0.250 e. The number of benzene rings is 4. The Hall–Kier alpha value is -4.42. The molecule has 4 aromatic rings. The van der Waals surface area contributed by atoms with Gasteiger partial charge < -0.3 is 0 Å². The third-order valence-corrected chi connectivity index (χ3v) is 8.26. The molecule has 2 fully saturated rings. The van der Waals surface area contributed by atoms with Crippen molar-refractivity contribution in [2.24, 2.45) is 5.41 Å². The zero-order valence-corrected chi connectivity index (χ0v) is 22.0. The summed E-state index contributed by atoms with van der Waals surface area (Å²) in [5.41, 5.74) is 1.11. The van der Waals surface area contributed by atoms with Crippen LogP contribution in [0.3, 0.4) is 0 Å². The molecule has 192 valence electrons. The van der Waals surface area contributed by atoms with Crippen LogP contribution in [-0.4, -0.2) is 22.7 Å². The second-order valence-electron chi connectivity index (χ2n) is 9.98. The van der Waals surface area contributed by atoms with E-state index >= 15 is 9.59 Å². The maximum atomic E-state index is 15.1. The Bertz CT molecular complexity index is 1430. The number of nitrogens with zero attached hydrogens (tertiary/aromatic N) is 2. The van der Waals surface area contributed by atoms with Gasteiger partial charge in [-0.1, -0.05) is 97.1 Å². The maximum Gasteiger partial charge on any atom is 0.250 e. The topological polar surface area (TPSA) is 57.7 Å². The van der Waals surface area contributed by atoms with Gasteiger partial charge in [-0.2, -0.15) is 0 Å². The number of anilines is 2. The lowest BCUT2D eigenvalue weighted by molar-refractivity contribution is -0.147. The van der Waals surface area contributed by atoms with E-state index in [-0.39, 0.29) is 23.7 Å². The van der Waals surface area contributed by atoms with Crippen LogP contribution in [0.4, 0.5) is 11.4 Å². The highest BCUT2D eigenvalue weighted by Gasteiger charge is 2.67. The lowest BCUT2D eigenvalue weighted by Crippen LogP contribution is -2.70. The van der Waals surface area contributed by atoms with Crippen LogP contribution in [0.1, 0.15) is 35.8 Å². The average molecular weight is 531 g/mol. The third kappa shape index (κ3) is 3.99. The summed E-state index contributed by atoms with van der Waals surface area (Å²) >= 11 is 5.90. The van der Waals surface area contributed by atoms with Gasteiger partial charge in [-0.15, -0.1) is 0 Å². The van der Waals surface area contributed by atoms with Gasteiger partial charge in [0.05, 0.1) is 11.4 Å². The summed E-state index contributed by atoms with van der Waals surface area (Å²) in [4.78, 5) is 46.5. The van der Waals surface area contributed by atoms with Crippen molar-refractivity contribution in [2.75, 3.05) is 9.80 Å². The molecule has 2 unspecified atom stereocenters. The summed E-state index contributed by atoms with van der Waals surface area (Å²) in [6.07, 6.45) is 0.172. The highest BCUT2D eigenvalue weighted by molar-refractivity contribution is 7.81. The molecule has 5 nitrogen and oxygen atoms in total. The molecule has 4 aromatic carbocycles. The first-order valence-corrected chi connectivity index (χ1v) is 13.4. The number of para-hydroxylation sites is 2. The molecule has 6 rings (SSSR count). The van der Waals surface area contributed by atoms with Crippen molar-refractivity contribution in [3.8, 4) is 0 Å². The summed E-state index contributed by atoms with van der Waals surface area (Å²) in [6.45, 7) is 0. The molecule has 1 spiro atoms. The molecule has 2 aliphatic rings. The molecule has 0 aromatic heterocycles. The van der Waals surface area contributed by atoms with Crippen molar-refractivity contribution in [1.82, 2.24) is 0 Å². The van der Waals surface area contributed by atoms with Gasteiger partial charge in [0.1, 0.15) is 11.2 Å². The lowest BCUT2D eigenvalue weighted by atomic mass is 9.54. The van der Waals surface area contributed by atoms with E-state index in [1.165, 1.54) is 9.80 Å². The van der Waals surface area contributed by atoms with Gasteiger partial charge in [0.15, 0.2) is 5.11 Å². The minimum Gasteiger partial charge on any atom is -0.300 e. The van der Waals surface area contributed by atoms with Crippen LogP contribution < -0.4 is 9.80 Å². The first kappa shape index (κ1) is 24.9. The van der Waals surface area contributed by atoms with E-state index < -0.39 is 29.1 Å². The number of carbonyl (C=O) groups is 3. The summed E-state index contributed by atoms with van der Waals surface area (Å²) in [7, 11) is 0. The van der Waals surface area contributed by atoms with Crippen molar-refractivity contribution in [3.05, 3.63) is 132 Å². The number of hydrogen-bond donors (Lipinski definition) is 0. The average Bonchev–Trinajstić information content (AvgIpc) is 2.98. The molecule has 1 heterocycles. The molecule has 1 aliphatic carbocycles. The molecule has 0 N–H and O–H groups in total. The molecular formula is C33H26N2O3S. The van der Waals surface area contributed by atoms with Gasteiger partial charge in [0.2, 0.25) is 11.8 Å². The largest absolute Gasteiger partial charge is 0.300 e. The van der Waals surface area contributed by atoms with Crippen molar-refractivity contribution in [2.45, 2.75) is 24.7 Å². The normalized spacial score (nSPS) is 20.9. The molecule has 2 amide bonds. The Labute approximate surface area is 232 Å². The van der Waals surface area contributed by atoms with Gasteiger partial charge in [-0.25, -0.2) is 0 Å². The standard InChI is InChI=1S/C33H26N2O3S/c36-27-21-28(23-13-5-1-6-14-23)33(29(22-27)24-15-7-2-8-16-24)30(37)34(25-17-9-3-10-18-25)32(39)35(31(33)38)26-19-11-4-12-20-26/h1-20,28-29H,21-22H2. The van der Waals surface area contributed by atoms with Crippen LogP contribution in [0.15, 0.2) is 121 Å². The zero-order chi connectivity index (χ0) is 27.0. The maximum absolute atomic E-state index is 15.1. The summed E-state index contributed by atoms with van der Waals surface area (Å²) < 4.78 is 0. The van der Waals surface area contributed by atoms with Gasteiger partial charge >= 0.3 is 0 Å². The molecule has 1 saturated heterocycles. The number of carbonyl (C=O) groups excluding carboxylic acids is 3. The molecule has 39 heavy (non-hydrogen) atoms. The quantitative estimate of drug-likeness (QED) is 0.231. The molecule has 2 atom stereocenters. The fourth-order valence-corrected chi connectivity index (χ4v) is 6.55.